The number of carbonyl (C=O) groups excluding carboxylic acids is 1. The topological polar surface area (TPSA) is 35.5 Å². The van der Waals surface area contributed by atoms with Crippen LogP contribution in [0.15, 0.2) is 0 Å². The fraction of sp³-hybridized carbons (Fsp3) is 0.833. The van der Waals surface area contributed by atoms with E-state index in [2.05, 4.69) is 0 Å². The molecule has 0 aromatic heterocycles. The molecule has 0 aliphatic rings. The van der Waals surface area contributed by atoms with Gasteiger partial charge in [0.25, 0.3) is 0 Å². The summed E-state index contributed by atoms with van der Waals surface area (Å²) in [6.07, 6.45) is 0.776. The molecule has 0 aliphatic heterocycles. The first-order chi connectivity index (χ1) is 5.63. The molecule has 0 rings (SSSR count). The second-order valence-corrected chi connectivity index (χ2v) is 4.01. The monoisotopic (exact) mass is 228 g/mol. The molecule has 70 valence electrons. The summed E-state index contributed by atoms with van der Waals surface area (Å²) in [4.78, 5) is 10.3. The second-order valence-electron chi connectivity index (χ2n) is 1.97. The fourth-order valence-corrected chi connectivity index (χ4v) is 1.39. The molecule has 0 aromatic rings. The van der Waals surface area contributed by atoms with E-state index in [-0.39, 0.29) is 15.7 Å². The lowest BCUT2D eigenvalue weighted by Crippen LogP contribution is -2.05. The molecule has 0 spiro atoms. The van der Waals surface area contributed by atoms with Gasteiger partial charge in [0.05, 0.1) is 6.61 Å². The zero-order valence-corrected chi connectivity index (χ0v) is 9.19. The lowest BCUT2D eigenvalue weighted by atomic mass is 10.5. The number of esters is 1. The van der Waals surface area contributed by atoms with Crippen molar-refractivity contribution in [1.29, 1.82) is 0 Å². The van der Waals surface area contributed by atoms with Gasteiger partial charge in [0.15, 0.2) is 5.02 Å². The van der Waals surface area contributed by atoms with Crippen molar-refractivity contribution in [3.63, 3.8) is 0 Å². The zero-order valence-electron chi connectivity index (χ0n) is 6.68. The van der Waals surface area contributed by atoms with E-state index in [0.717, 1.165) is 12.5 Å². The van der Waals surface area contributed by atoms with Crippen LogP contribution < -0.4 is 0 Å². The first-order valence-electron chi connectivity index (χ1n) is 3.43. The maximum absolute atomic E-state index is 10.3. The summed E-state index contributed by atoms with van der Waals surface area (Å²) in [6.45, 7) is 1.81. The molecular formula is C6H10Cl2O3Si. The van der Waals surface area contributed by atoms with Gasteiger partial charge >= 0.3 is 5.97 Å². The molecule has 0 unspecified atom stereocenters. The van der Waals surface area contributed by atoms with Crippen molar-refractivity contribution in [2.45, 2.75) is 24.4 Å². The smallest absolute Gasteiger partial charge is 0.302 e. The SMILES string of the molecule is CC(=O)OCCC[Si]OC(Cl)Cl. The van der Waals surface area contributed by atoms with E-state index in [1.54, 1.807) is 0 Å². The van der Waals surface area contributed by atoms with Gasteiger partial charge in [0.2, 0.25) is 9.76 Å². The quantitative estimate of drug-likeness (QED) is 0.301. The molecule has 0 aliphatic carbocycles. The second kappa shape index (κ2) is 7.85. The normalized spacial score (nSPS) is 10.3. The van der Waals surface area contributed by atoms with Crippen LogP contribution in [0.1, 0.15) is 13.3 Å². The molecule has 0 aromatic carbocycles. The van der Waals surface area contributed by atoms with Crippen LogP contribution in [0.25, 0.3) is 0 Å². The molecule has 0 amide bonds. The molecule has 2 radical (unpaired) electrons. The summed E-state index contributed by atoms with van der Waals surface area (Å²) in [6, 6.07) is 0.809. The highest BCUT2D eigenvalue weighted by Gasteiger charge is 1.99. The third kappa shape index (κ3) is 10.2. The molecule has 3 nitrogen and oxygen atoms in total. The van der Waals surface area contributed by atoms with Crippen LogP contribution in [-0.2, 0) is 14.0 Å². The number of hydrogen-bond donors (Lipinski definition) is 0. The highest BCUT2D eigenvalue weighted by atomic mass is 35.5. The van der Waals surface area contributed by atoms with Crippen LogP contribution in [0.3, 0.4) is 0 Å². The van der Waals surface area contributed by atoms with Crippen molar-refractivity contribution < 1.29 is 14.0 Å². The molecule has 0 saturated carbocycles. The molecule has 0 bridgehead atoms. The van der Waals surface area contributed by atoms with Crippen molar-refractivity contribution in [2.75, 3.05) is 6.61 Å². The van der Waals surface area contributed by atoms with Crippen LogP contribution >= 0.6 is 23.2 Å². The summed E-state index contributed by atoms with van der Waals surface area (Å²) in [5.41, 5.74) is 0. The number of rotatable bonds is 6. The van der Waals surface area contributed by atoms with Crippen LogP contribution in [0, 0.1) is 0 Å². The Kier molecular flexibility index (Phi) is 8.00. The summed E-state index contributed by atoms with van der Waals surface area (Å²) in [5, 5.41) is -0.753. The van der Waals surface area contributed by atoms with E-state index in [1.807, 2.05) is 0 Å². The number of alkyl halides is 2. The summed E-state index contributed by atoms with van der Waals surface area (Å²) >= 11 is 10.6. The van der Waals surface area contributed by atoms with Crippen molar-refractivity contribution in [3.8, 4) is 0 Å². The highest BCUT2D eigenvalue weighted by molar-refractivity contribution is 6.45. The van der Waals surface area contributed by atoms with E-state index in [4.69, 9.17) is 32.4 Å². The van der Waals surface area contributed by atoms with Gasteiger partial charge in [-0.3, -0.25) is 4.79 Å². The van der Waals surface area contributed by atoms with Gasteiger partial charge in [-0.15, -0.1) is 0 Å². The van der Waals surface area contributed by atoms with Gasteiger partial charge in [-0.2, -0.15) is 0 Å². The molecule has 6 heteroatoms. The minimum Gasteiger partial charge on any atom is -0.466 e. The Hall–Kier alpha value is 0.227. The predicted octanol–water partition coefficient (Wildman–Crippen LogP) is 1.75. The number of ether oxygens (including phenoxy) is 1. The van der Waals surface area contributed by atoms with E-state index in [0.29, 0.717) is 6.61 Å². The maximum atomic E-state index is 10.3. The van der Waals surface area contributed by atoms with Crippen molar-refractivity contribution in [3.05, 3.63) is 0 Å². The molecule has 0 fully saturated rings. The lowest BCUT2D eigenvalue weighted by Gasteiger charge is -2.02. The van der Waals surface area contributed by atoms with E-state index in [1.165, 1.54) is 6.92 Å². The Balaban J connectivity index is 2.96. The largest absolute Gasteiger partial charge is 0.466 e. The Labute approximate surface area is 84.3 Å². The average Bonchev–Trinajstić information content (AvgIpc) is 1.95. The third-order valence-electron chi connectivity index (χ3n) is 0.901. The molecule has 0 heterocycles. The van der Waals surface area contributed by atoms with Crippen LogP contribution in [0.5, 0.6) is 0 Å². The Morgan fingerprint density at radius 2 is 2.25 bits per heavy atom. The lowest BCUT2D eigenvalue weighted by molar-refractivity contribution is -0.140. The average molecular weight is 229 g/mol. The predicted molar refractivity (Wildman–Crippen MR) is 48.4 cm³/mol. The van der Waals surface area contributed by atoms with E-state index >= 15 is 0 Å². The van der Waals surface area contributed by atoms with Crippen molar-refractivity contribution >= 4 is 38.9 Å². The first-order valence-corrected chi connectivity index (χ1v) is 5.41. The summed E-state index contributed by atoms with van der Waals surface area (Å²) in [5.74, 6) is -0.258. The van der Waals surface area contributed by atoms with Gasteiger partial charge in [-0.1, -0.05) is 23.2 Å². The molecule has 0 N–H and O–H groups in total. The minimum absolute atomic E-state index is 0.258. The van der Waals surface area contributed by atoms with Crippen LogP contribution in [-0.4, -0.2) is 27.4 Å². The minimum atomic E-state index is -0.753. The number of hydrogen-bond acceptors (Lipinski definition) is 3. The van der Waals surface area contributed by atoms with Crippen LogP contribution in [0.4, 0.5) is 0 Å². The Morgan fingerprint density at radius 3 is 2.75 bits per heavy atom. The number of halogens is 2. The van der Waals surface area contributed by atoms with Gasteiger partial charge in [-0.25, -0.2) is 0 Å². The van der Waals surface area contributed by atoms with Gasteiger partial charge in [0, 0.05) is 6.92 Å². The Bertz CT molecular complexity index is 132. The van der Waals surface area contributed by atoms with Gasteiger partial charge < -0.3 is 9.16 Å². The van der Waals surface area contributed by atoms with E-state index in [9.17, 15) is 4.79 Å². The fourth-order valence-electron chi connectivity index (χ4n) is 0.482. The first kappa shape index (κ1) is 12.2. The molecule has 12 heavy (non-hydrogen) atoms. The van der Waals surface area contributed by atoms with Crippen LogP contribution in [0.2, 0.25) is 6.04 Å². The number of carbonyl (C=O) groups is 1. The van der Waals surface area contributed by atoms with Gasteiger partial charge in [-0.05, 0) is 12.5 Å². The Morgan fingerprint density at radius 1 is 1.58 bits per heavy atom. The molecular weight excluding hydrogens is 219 g/mol. The standard InChI is InChI=1S/C6H10Cl2O3Si/c1-5(9)10-3-2-4-12-11-6(7)8/h6H,2-4H2,1H3. The third-order valence-corrected chi connectivity index (χ3v) is 2.34. The van der Waals surface area contributed by atoms with Crippen molar-refractivity contribution in [1.82, 2.24) is 0 Å². The molecule has 0 atom stereocenters. The zero-order chi connectivity index (χ0) is 9.40. The molecule has 0 saturated heterocycles. The van der Waals surface area contributed by atoms with E-state index < -0.39 is 5.02 Å². The van der Waals surface area contributed by atoms with Crippen molar-refractivity contribution in [2.24, 2.45) is 0 Å². The highest BCUT2D eigenvalue weighted by Crippen LogP contribution is 2.03. The summed E-state index contributed by atoms with van der Waals surface area (Å²) < 4.78 is 9.56. The van der Waals surface area contributed by atoms with Gasteiger partial charge in [0.1, 0.15) is 0 Å². The summed E-state index contributed by atoms with van der Waals surface area (Å²) in [7, 11) is 0.261. The maximum Gasteiger partial charge on any atom is 0.302 e.